The van der Waals surface area contributed by atoms with E-state index in [9.17, 15) is 4.79 Å². The van der Waals surface area contributed by atoms with Gasteiger partial charge >= 0.3 is 5.97 Å². The summed E-state index contributed by atoms with van der Waals surface area (Å²) < 4.78 is 0. The molecule has 2 unspecified atom stereocenters. The van der Waals surface area contributed by atoms with Crippen molar-refractivity contribution in [2.75, 3.05) is 0 Å². The van der Waals surface area contributed by atoms with Crippen molar-refractivity contribution in [3.8, 4) is 0 Å². The lowest BCUT2D eigenvalue weighted by molar-refractivity contribution is -0.143. The molecule has 0 aliphatic heterocycles. The Morgan fingerprint density at radius 2 is 2.14 bits per heavy atom. The van der Waals surface area contributed by atoms with Gasteiger partial charge in [-0.25, -0.2) is 0 Å². The molecule has 1 saturated carbocycles. The summed E-state index contributed by atoms with van der Waals surface area (Å²) in [6, 6.07) is 10.5. The summed E-state index contributed by atoms with van der Waals surface area (Å²) in [5.41, 5.74) is 2.20. The standard InChI is InChI=1S/C17H20N2O2/c20-17(21)13-5-2-8-15(10-13)19-11-14-6-1-4-12-7-3-9-18-16(12)14/h1,3-4,6-7,9,13,15,19H,2,5,8,10-11H2,(H,20,21). The molecule has 21 heavy (non-hydrogen) atoms. The van der Waals surface area contributed by atoms with Crippen LogP contribution in [-0.4, -0.2) is 22.1 Å². The van der Waals surface area contributed by atoms with Gasteiger partial charge in [0.15, 0.2) is 0 Å². The molecule has 0 saturated heterocycles. The average molecular weight is 284 g/mol. The molecule has 0 radical (unpaired) electrons. The van der Waals surface area contributed by atoms with E-state index in [0.717, 1.165) is 43.1 Å². The maximum absolute atomic E-state index is 11.1. The summed E-state index contributed by atoms with van der Waals surface area (Å²) in [5.74, 6) is -0.852. The zero-order valence-corrected chi connectivity index (χ0v) is 12.0. The Kier molecular flexibility index (Phi) is 4.15. The molecule has 2 aromatic rings. The topological polar surface area (TPSA) is 62.2 Å². The highest BCUT2D eigenvalue weighted by molar-refractivity contribution is 5.81. The Bertz CT molecular complexity index is 636. The number of hydrogen-bond acceptors (Lipinski definition) is 3. The average Bonchev–Trinajstić information content (AvgIpc) is 2.53. The third-order valence-electron chi connectivity index (χ3n) is 4.32. The number of pyridine rings is 1. The summed E-state index contributed by atoms with van der Waals surface area (Å²) in [6.45, 7) is 0.741. The van der Waals surface area contributed by atoms with Crippen LogP contribution in [0.3, 0.4) is 0 Å². The summed E-state index contributed by atoms with van der Waals surface area (Å²) in [5, 5.41) is 13.8. The fourth-order valence-corrected chi connectivity index (χ4v) is 3.16. The second-order valence-corrected chi connectivity index (χ2v) is 5.77. The van der Waals surface area contributed by atoms with Crippen LogP contribution >= 0.6 is 0 Å². The molecule has 0 bridgehead atoms. The lowest BCUT2D eigenvalue weighted by Gasteiger charge is -2.27. The first kappa shape index (κ1) is 14.0. The SMILES string of the molecule is O=C(O)C1CCCC(NCc2cccc3cccnc23)C1. The fraction of sp³-hybridized carbons (Fsp3) is 0.412. The van der Waals surface area contributed by atoms with Gasteiger partial charge in [-0.2, -0.15) is 0 Å². The van der Waals surface area contributed by atoms with Crippen molar-refractivity contribution >= 4 is 16.9 Å². The van der Waals surface area contributed by atoms with Crippen molar-refractivity contribution in [1.82, 2.24) is 10.3 Å². The number of carboxylic acids is 1. The van der Waals surface area contributed by atoms with Crippen molar-refractivity contribution in [2.45, 2.75) is 38.3 Å². The van der Waals surface area contributed by atoms with Gasteiger partial charge in [-0.1, -0.05) is 30.7 Å². The maximum Gasteiger partial charge on any atom is 0.306 e. The number of aliphatic carboxylic acids is 1. The van der Waals surface area contributed by atoms with Crippen molar-refractivity contribution in [2.24, 2.45) is 5.92 Å². The van der Waals surface area contributed by atoms with E-state index in [1.54, 1.807) is 0 Å². The number of fused-ring (bicyclic) bond motifs is 1. The summed E-state index contributed by atoms with van der Waals surface area (Å²) in [4.78, 5) is 15.6. The first-order valence-corrected chi connectivity index (χ1v) is 7.53. The molecule has 0 amide bonds. The molecule has 1 heterocycles. The smallest absolute Gasteiger partial charge is 0.306 e. The molecule has 1 aliphatic carbocycles. The number of benzene rings is 1. The van der Waals surface area contributed by atoms with Crippen molar-refractivity contribution < 1.29 is 9.90 Å². The first-order chi connectivity index (χ1) is 10.2. The van der Waals surface area contributed by atoms with E-state index in [1.165, 1.54) is 5.56 Å². The number of aromatic nitrogens is 1. The van der Waals surface area contributed by atoms with Gasteiger partial charge in [0.2, 0.25) is 0 Å². The van der Waals surface area contributed by atoms with E-state index in [-0.39, 0.29) is 5.92 Å². The summed E-state index contributed by atoms with van der Waals surface area (Å²) in [7, 11) is 0. The van der Waals surface area contributed by atoms with Gasteiger partial charge in [0.1, 0.15) is 0 Å². The maximum atomic E-state index is 11.1. The van der Waals surface area contributed by atoms with E-state index in [2.05, 4.69) is 28.5 Å². The number of nitrogens with zero attached hydrogens (tertiary/aromatic N) is 1. The monoisotopic (exact) mass is 284 g/mol. The van der Waals surface area contributed by atoms with Crippen LogP contribution in [0.1, 0.15) is 31.2 Å². The highest BCUT2D eigenvalue weighted by Crippen LogP contribution is 2.25. The molecule has 1 fully saturated rings. The van der Waals surface area contributed by atoms with Gasteiger partial charge in [0.25, 0.3) is 0 Å². The molecule has 4 heteroatoms. The summed E-state index contributed by atoms with van der Waals surface area (Å²) in [6.07, 6.45) is 5.40. The van der Waals surface area contributed by atoms with Crippen LogP contribution in [0.15, 0.2) is 36.5 Å². The Balaban J connectivity index is 1.68. The normalized spacial score (nSPS) is 22.3. The number of para-hydroxylation sites is 1. The van der Waals surface area contributed by atoms with Crippen LogP contribution in [0.5, 0.6) is 0 Å². The number of rotatable bonds is 4. The lowest BCUT2D eigenvalue weighted by atomic mass is 9.85. The molecule has 2 atom stereocenters. The predicted molar refractivity (Wildman–Crippen MR) is 82.0 cm³/mol. The van der Waals surface area contributed by atoms with Gasteiger partial charge in [0, 0.05) is 24.2 Å². The molecule has 0 spiro atoms. The van der Waals surface area contributed by atoms with Gasteiger partial charge < -0.3 is 10.4 Å². The van der Waals surface area contributed by atoms with Crippen molar-refractivity contribution in [1.29, 1.82) is 0 Å². The molecule has 3 rings (SSSR count). The van der Waals surface area contributed by atoms with E-state index in [4.69, 9.17) is 5.11 Å². The van der Waals surface area contributed by atoms with Crippen LogP contribution in [0.2, 0.25) is 0 Å². The third kappa shape index (κ3) is 3.22. The predicted octanol–water partition coefficient (Wildman–Crippen LogP) is 2.97. The van der Waals surface area contributed by atoms with Gasteiger partial charge in [-0.3, -0.25) is 9.78 Å². The largest absolute Gasteiger partial charge is 0.481 e. The quantitative estimate of drug-likeness (QED) is 0.906. The number of carbonyl (C=O) groups is 1. The summed E-state index contributed by atoms with van der Waals surface area (Å²) >= 11 is 0. The van der Waals surface area contributed by atoms with Crippen molar-refractivity contribution in [3.05, 3.63) is 42.1 Å². The van der Waals surface area contributed by atoms with Crippen LogP contribution in [0, 0.1) is 5.92 Å². The van der Waals surface area contributed by atoms with E-state index < -0.39 is 5.97 Å². The van der Waals surface area contributed by atoms with Crippen LogP contribution in [-0.2, 0) is 11.3 Å². The number of nitrogens with one attached hydrogen (secondary N) is 1. The molecule has 1 aromatic heterocycles. The Labute approximate surface area is 124 Å². The van der Waals surface area contributed by atoms with Crippen LogP contribution in [0.25, 0.3) is 10.9 Å². The second-order valence-electron chi connectivity index (χ2n) is 5.77. The molecule has 1 aromatic carbocycles. The van der Waals surface area contributed by atoms with E-state index in [1.807, 2.05) is 18.3 Å². The molecule has 1 aliphatic rings. The minimum Gasteiger partial charge on any atom is -0.481 e. The highest BCUT2D eigenvalue weighted by atomic mass is 16.4. The Morgan fingerprint density at radius 1 is 1.29 bits per heavy atom. The fourth-order valence-electron chi connectivity index (χ4n) is 3.16. The Hall–Kier alpha value is -1.94. The molecular formula is C17H20N2O2. The third-order valence-corrected chi connectivity index (χ3v) is 4.32. The van der Waals surface area contributed by atoms with Gasteiger partial charge in [0.05, 0.1) is 11.4 Å². The minimum absolute atomic E-state index is 0.193. The van der Waals surface area contributed by atoms with Crippen LogP contribution in [0.4, 0.5) is 0 Å². The zero-order valence-electron chi connectivity index (χ0n) is 12.0. The number of carboxylic acid groups (broad SMARTS) is 1. The van der Waals surface area contributed by atoms with Gasteiger partial charge in [-0.15, -0.1) is 0 Å². The molecule has 110 valence electrons. The minimum atomic E-state index is -0.659. The van der Waals surface area contributed by atoms with E-state index in [0.29, 0.717) is 6.04 Å². The molecule has 2 N–H and O–H groups in total. The first-order valence-electron chi connectivity index (χ1n) is 7.53. The van der Waals surface area contributed by atoms with Crippen LogP contribution < -0.4 is 5.32 Å². The highest BCUT2D eigenvalue weighted by Gasteiger charge is 2.26. The van der Waals surface area contributed by atoms with Crippen molar-refractivity contribution in [3.63, 3.8) is 0 Å². The second kappa shape index (κ2) is 6.22. The van der Waals surface area contributed by atoms with Gasteiger partial charge in [-0.05, 0) is 30.9 Å². The number of hydrogen-bond donors (Lipinski definition) is 2. The molecule has 4 nitrogen and oxygen atoms in total. The zero-order chi connectivity index (χ0) is 14.7. The lowest BCUT2D eigenvalue weighted by Crippen LogP contribution is -2.36. The van der Waals surface area contributed by atoms with E-state index >= 15 is 0 Å². The Morgan fingerprint density at radius 3 is 3.00 bits per heavy atom. The molecular weight excluding hydrogens is 264 g/mol.